The van der Waals surface area contributed by atoms with Crippen molar-refractivity contribution in [3.05, 3.63) is 113 Å². The lowest BCUT2D eigenvalue weighted by Crippen LogP contribution is -2.09. The normalized spacial score (nSPS) is 10.9. The minimum absolute atomic E-state index is 0.251. The summed E-state index contributed by atoms with van der Waals surface area (Å²) in [5, 5.41) is 7.26. The van der Waals surface area contributed by atoms with Gasteiger partial charge in [-0.05, 0) is 54.0 Å². The smallest absolute Gasteiger partial charge is 0.249 e. The zero-order valence-electron chi connectivity index (χ0n) is 19.3. The molecule has 4 rings (SSSR count). The molecule has 0 fully saturated rings. The Balaban J connectivity index is 1.37. The Bertz CT molecular complexity index is 1280. The molecule has 0 spiro atoms. The van der Waals surface area contributed by atoms with Gasteiger partial charge in [-0.3, -0.25) is 9.48 Å². The van der Waals surface area contributed by atoms with Crippen LogP contribution in [0.1, 0.15) is 22.3 Å². The van der Waals surface area contributed by atoms with Crippen molar-refractivity contribution in [1.29, 1.82) is 0 Å². The minimum atomic E-state index is -0.251. The molecule has 1 N–H and O–H groups in total. The van der Waals surface area contributed by atoms with E-state index in [-0.39, 0.29) is 5.91 Å². The Hall–Kier alpha value is -4.32. The Morgan fingerprint density at radius 2 is 1.79 bits per heavy atom. The molecule has 1 aromatic heterocycles. The van der Waals surface area contributed by atoms with E-state index in [0.717, 1.165) is 22.6 Å². The van der Waals surface area contributed by atoms with Gasteiger partial charge in [0.05, 0.1) is 13.7 Å². The summed E-state index contributed by atoms with van der Waals surface area (Å²) in [6.45, 7) is 3.09. The van der Waals surface area contributed by atoms with E-state index in [2.05, 4.69) is 29.5 Å². The summed E-state index contributed by atoms with van der Waals surface area (Å²) in [5.74, 6) is 1.78. The van der Waals surface area contributed by atoms with Crippen LogP contribution in [0.3, 0.4) is 0 Å². The number of ether oxygens (including phenoxy) is 2. The summed E-state index contributed by atoms with van der Waals surface area (Å²) >= 11 is 0. The van der Waals surface area contributed by atoms with E-state index in [1.807, 2.05) is 71.5 Å². The van der Waals surface area contributed by atoms with E-state index >= 15 is 0 Å². The van der Waals surface area contributed by atoms with Gasteiger partial charge in [0.15, 0.2) is 5.82 Å². The number of carbonyl (C=O) groups is 1. The first-order valence-corrected chi connectivity index (χ1v) is 11.0. The predicted octanol–water partition coefficient (Wildman–Crippen LogP) is 5.48. The first-order chi connectivity index (χ1) is 16.6. The molecule has 1 heterocycles. The van der Waals surface area contributed by atoms with Crippen molar-refractivity contribution >= 4 is 17.8 Å². The predicted molar refractivity (Wildman–Crippen MR) is 134 cm³/mol. The first-order valence-electron chi connectivity index (χ1n) is 11.0. The van der Waals surface area contributed by atoms with Crippen LogP contribution in [0.25, 0.3) is 6.08 Å². The third-order valence-corrected chi connectivity index (χ3v) is 5.35. The third-order valence-electron chi connectivity index (χ3n) is 5.35. The largest absolute Gasteiger partial charge is 0.496 e. The maximum Gasteiger partial charge on any atom is 0.249 e. The summed E-state index contributed by atoms with van der Waals surface area (Å²) in [7, 11) is 1.63. The van der Waals surface area contributed by atoms with Gasteiger partial charge in [-0.1, -0.05) is 48.5 Å². The van der Waals surface area contributed by atoms with Gasteiger partial charge in [0, 0.05) is 23.9 Å². The molecule has 0 aliphatic heterocycles. The second-order valence-corrected chi connectivity index (χ2v) is 7.82. The summed E-state index contributed by atoms with van der Waals surface area (Å²) in [6, 6.07) is 25.3. The van der Waals surface area contributed by atoms with Crippen molar-refractivity contribution in [2.75, 3.05) is 12.4 Å². The van der Waals surface area contributed by atoms with Crippen LogP contribution in [0, 0.1) is 6.92 Å². The molecule has 172 valence electrons. The van der Waals surface area contributed by atoms with Gasteiger partial charge in [0.1, 0.15) is 18.1 Å². The van der Waals surface area contributed by atoms with Crippen LogP contribution in [0.4, 0.5) is 5.82 Å². The molecule has 6 nitrogen and oxygen atoms in total. The third kappa shape index (κ3) is 6.13. The van der Waals surface area contributed by atoms with Crippen molar-refractivity contribution in [3.63, 3.8) is 0 Å². The average Bonchev–Trinajstić information content (AvgIpc) is 3.30. The molecule has 0 saturated heterocycles. The van der Waals surface area contributed by atoms with Crippen LogP contribution in [-0.2, 0) is 17.9 Å². The van der Waals surface area contributed by atoms with Crippen molar-refractivity contribution in [1.82, 2.24) is 9.78 Å². The van der Waals surface area contributed by atoms with Gasteiger partial charge in [-0.15, -0.1) is 0 Å². The molecule has 0 aliphatic carbocycles. The van der Waals surface area contributed by atoms with E-state index in [1.165, 1.54) is 17.2 Å². The molecule has 0 saturated carbocycles. The Kier molecular flexibility index (Phi) is 7.40. The number of anilines is 1. The van der Waals surface area contributed by atoms with E-state index in [4.69, 9.17) is 9.47 Å². The zero-order valence-corrected chi connectivity index (χ0v) is 19.3. The summed E-state index contributed by atoms with van der Waals surface area (Å²) in [6.07, 6.45) is 5.10. The van der Waals surface area contributed by atoms with Gasteiger partial charge in [0.25, 0.3) is 0 Å². The summed E-state index contributed by atoms with van der Waals surface area (Å²) in [5.41, 5.74) is 4.16. The van der Waals surface area contributed by atoms with Gasteiger partial charge >= 0.3 is 0 Å². The Morgan fingerprint density at radius 3 is 2.59 bits per heavy atom. The van der Waals surface area contributed by atoms with E-state index in [1.54, 1.807) is 19.3 Å². The number of hydrogen-bond donors (Lipinski definition) is 1. The van der Waals surface area contributed by atoms with Crippen LogP contribution in [0.15, 0.2) is 91.1 Å². The van der Waals surface area contributed by atoms with Crippen molar-refractivity contribution in [2.45, 2.75) is 20.1 Å². The molecule has 0 unspecified atom stereocenters. The van der Waals surface area contributed by atoms with Gasteiger partial charge in [0.2, 0.25) is 5.91 Å². The molecule has 6 heteroatoms. The second kappa shape index (κ2) is 11.0. The quantitative estimate of drug-likeness (QED) is 0.341. The van der Waals surface area contributed by atoms with Crippen LogP contribution in [0.2, 0.25) is 0 Å². The number of rotatable bonds is 9. The number of para-hydroxylation sites is 1. The van der Waals surface area contributed by atoms with Gasteiger partial charge in [-0.2, -0.15) is 5.10 Å². The highest BCUT2D eigenvalue weighted by Crippen LogP contribution is 2.23. The number of aryl methyl sites for hydroxylation is 1. The maximum atomic E-state index is 12.4. The van der Waals surface area contributed by atoms with Gasteiger partial charge in [-0.25, -0.2) is 0 Å². The maximum absolute atomic E-state index is 12.4. The molecule has 0 bridgehead atoms. The fourth-order valence-corrected chi connectivity index (χ4v) is 3.51. The monoisotopic (exact) mass is 453 g/mol. The molecule has 34 heavy (non-hydrogen) atoms. The Labute approximate surface area is 199 Å². The lowest BCUT2D eigenvalue weighted by atomic mass is 10.1. The summed E-state index contributed by atoms with van der Waals surface area (Å²) < 4.78 is 13.1. The second-order valence-electron chi connectivity index (χ2n) is 7.82. The topological polar surface area (TPSA) is 65.4 Å². The van der Waals surface area contributed by atoms with Crippen LogP contribution in [-0.4, -0.2) is 22.8 Å². The zero-order chi connectivity index (χ0) is 23.8. The fraction of sp³-hybridized carbons (Fsp3) is 0.143. The first kappa shape index (κ1) is 22.9. The fourth-order valence-electron chi connectivity index (χ4n) is 3.51. The molecule has 4 aromatic rings. The molecule has 0 radical (unpaired) electrons. The number of amides is 1. The molecule has 0 aliphatic rings. The number of carbonyl (C=O) groups excluding carboxylic acids is 1. The highest BCUT2D eigenvalue weighted by molar-refractivity contribution is 6.01. The van der Waals surface area contributed by atoms with Crippen molar-refractivity contribution < 1.29 is 14.3 Å². The van der Waals surface area contributed by atoms with Crippen LogP contribution >= 0.6 is 0 Å². The number of nitrogens with zero attached hydrogens (tertiary/aromatic N) is 2. The SMILES string of the molecule is COc1ccc(/C=C/C(=O)Nc2ccn(Cc3ccccc3C)n2)cc1COc1ccccc1. The number of hydrogen-bond acceptors (Lipinski definition) is 4. The number of nitrogens with one attached hydrogen (secondary N) is 1. The van der Waals surface area contributed by atoms with Crippen molar-refractivity contribution in [2.24, 2.45) is 0 Å². The van der Waals surface area contributed by atoms with Crippen LogP contribution < -0.4 is 14.8 Å². The highest BCUT2D eigenvalue weighted by atomic mass is 16.5. The number of aromatic nitrogens is 2. The van der Waals surface area contributed by atoms with E-state index < -0.39 is 0 Å². The standard InChI is InChI=1S/C28H27N3O3/c1-21-8-6-7-9-23(21)19-31-17-16-27(30-31)29-28(32)15-13-22-12-14-26(33-2)24(18-22)20-34-25-10-4-3-5-11-25/h3-18H,19-20H2,1-2H3,(H,29,30,32)/b15-13+. The van der Waals surface area contributed by atoms with Crippen molar-refractivity contribution in [3.8, 4) is 11.5 Å². The van der Waals surface area contributed by atoms with Gasteiger partial charge < -0.3 is 14.8 Å². The summed E-state index contributed by atoms with van der Waals surface area (Å²) in [4.78, 5) is 12.4. The van der Waals surface area contributed by atoms with E-state index in [9.17, 15) is 4.79 Å². The number of benzene rings is 3. The lowest BCUT2D eigenvalue weighted by molar-refractivity contribution is -0.111. The molecule has 1 amide bonds. The Morgan fingerprint density at radius 1 is 1.00 bits per heavy atom. The molecular formula is C28H27N3O3. The molecular weight excluding hydrogens is 426 g/mol. The molecule has 0 atom stereocenters. The average molecular weight is 454 g/mol. The van der Waals surface area contributed by atoms with Crippen LogP contribution in [0.5, 0.6) is 11.5 Å². The number of methoxy groups -OCH3 is 1. The van der Waals surface area contributed by atoms with E-state index in [0.29, 0.717) is 19.0 Å². The highest BCUT2D eigenvalue weighted by Gasteiger charge is 2.07. The molecule has 3 aromatic carbocycles. The lowest BCUT2D eigenvalue weighted by Gasteiger charge is -2.11. The minimum Gasteiger partial charge on any atom is -0.496 e.